The van der Waals surface area contributed by atoms with Gasteiger partial charge in [0, 0.05) is 18.7 Å². The molecule has 4 nitrogen and oxygen atoms in total. The highest BCUT2D eigenvalue weighted by Gasteiger charge is 2.27. The Labute approximate surface area is 147 Å². The van der Waals surface area contributed by atoms with Crippen molar-refractivity contribution < 1.29 is 4.79 Å². The molecule has 3 rings (SSSR count). The van der Waals surface area contributed by atoms with Gasteiger partial charge in [-0.1, -0.05) is 30.3 Å². The van der Waals surface area contributed by atoms with Gasteiger partial charge in [-0.25, -0.2) is 4.98 Å². The Bertz CT molecular complexity index is 675. The monoisotopic (exact) mass is 343 g/mol. The number of carbonyl (C=O) groups excluding carboxylic acids is 1. The molecule has 0 saturated carbocycles. The van der Waals surface area contributed by atoms with Gasteiger partial charge in [0.1, 0.15) is 4.88 Å². The smallest absolute Gasteiger partial charge is 0.266 e. The van der Waals surface area contributed by atoms with Crippen LogP contribution in [0.15, 0.2) is 30.3 Å². The van der Waals surface area contributed by atoms with Crippen molar-refractivity contribution in [3.8, 4) is 11.3 Å². The average Bonchev–Trinajstić information content (AvgIpc) is 3.02. The number of hydrogen-bond acceptors (Lipinski definition) is 4. The minimum Gasteiger partial charge on any atom is -0.338 e. The summed E-state index contributed by atoms with van der Waals surface area (Å²) < 4.78 is 0. The van der Waals surface area contributed by atoms with E-state index in [0.29, 0.717) is 0 Å². The van der Waals surface area contributed by atoms with Crippen LogP contribution in [-0.2, 0) is 0 Å². The predicted molar refractivity (Wildman–Crippen MR) is 99.5 cm³/mol. The van der Waals surface area contributed by atoms with Crippen molar-refractivity contribution in [3.63, 3.8) is 0 Å². The van der Waals surface area contributed by atoms with Crippen LogP contribution in [0.1, 0.15) is 33.9 Å². The summed E-state index contributed by atoms with van der Waals surface area (Å²) in [6.45, 7) is 4.75. The normalized spacial score (nSPS) is 15.7. The molecule has 1 fully saturated rings. The molecule has 0 atom stereocenters. The molecule has 1 aromatic carbocycles. The molecule has 1 aromatic heterocycles. The first-order chi connectivity index (χ1) is 11.7. The molecule has 1 amide bonds. The Morgan fingerprint density at radius 1 is 1.29 bits per heavy atom. The van der Waals surface area contributed by atoms with Crippen LogP contribution >= 0.6 is 11.3 Å². The van der Waals surface area contributed by atoms with Gasteiger partial charge in [-0.3, -0.25) is 4.79 Å². The number of likely N-dealkylation sites (tertiary alicyclic amines) is 1. The summed E-state index contributed by atoms with van der Waals surface area (Å²) in [5, 5.41) is 4.16. The molecule has 24 heavy (non-hydrogen) atoms. The molecule has 1 aliphatic heterocycles. The van der Waals surface area contributed by atoms with Crippen molar-refractivity contribution in [2.24, 2.45) is 5.92 Å². The molecule has 1 N–H and O–H groups in total. The van der Waals surface area contributed by atoms with Gasteiger partial charge in [-0.05, 0) is 45.7 Å². The fourth-order valence-corrected chi connectivity index (χ4v) is 4.19. The number of nitrogens with zero attached hydrogens (tertiary/aromatic N) is 2. The number of hydrogen-bond donors (Lipinski definition) is 1. The quantitative estimate of drug-likeness (QED) is 0.902. The lowest BCUT2D eigenvalue weighted by atomic mass is 9.93. The van der Waals surface area contributed by atoms with Crippen molar-refractivity contribution in [3.05, 3.63) is 40.2 Å². The van der Waals surface area contributed by atoms with E-state index in [-0.39, 0.29) is 5.91 Å². The Balaban J connectivity index is 1.73. The molecular formula is C19H25N3OS. The van der Waals surface area contributed by atoms with Crippen molar-refractivity contribution in [1.82, 2.24) is 15.2 Å². The molecule has 1 saturated heterocycles. The van der Waals surface area contributed by atoms with E-state index in [1.165, 1.54) is 17.8 Å². The summed E-state index contributed by atoms with van der Waals surface area (Å²) >= 11 is 1.51. The fraction of sp³-hybridized carbons (Fsp3) is 0.474. The largest absolute Gasteiger partial charge is 0.338 e. The SMILES string of the molecule is CNCCC1CCN(C(=O)c2sc(C)nc2-c2ccccc2)CC1. The number of aryl methyl sites for hydroxylation is 1. The van der Waals surface area contributed by atoms with Gasteiger partial charge >= 0.3 is 0 Å². The maximum Gasteiger partial charge on any atom is 0.266 e. The van der Waals surface area contributed by atoms with E-state index in [9.17, 15) is 4.79 Å². The Morgan fingerprint density at radius 2 is 2.00 bits per heavy atom. The van der Waals surface area contributed by atoms with E-state index < -0.39 is 0 Å². The average molecular weight is 343 g/mol. The summed E-state index contributed by atoms with van der Waals surface area (Å²) in [6.07, 6.45) is 3.41. The van der Waals surface area contributed by atoms with Gasteiger partial charge in [-0.2, -0.15) is 0 Å². The molecule has 0 spiro atoms. The number of benzene rings is 1. The van der Waals surface area contributed by atoms with Gasteiger partial charge in [-0.15, -0.1) is 11.3 Å². The molecule has 5 heteroatoms. The fourth-order valence-electron chi connectivity index (χ4n) is 3.28. The molecule has 0 radical (unpaired) electrons. The van der Waals surface area contributed by atoms with Crippen molar-refractivity contribution in [2.45, 2.75) is 26.2 Å². The third-order valence-corrected chi connectivity index (χ3v) is 5.64. The minimum absolute atomic E-state index is 0.145. The first kappa shape index (κ1) is 17.1. The second kappa shape index (κ2) is 7.90. The standard InChI is InChI=1S/C19H25N3OS/c1-14-21-17(16-6-4-3-5-7-16)18(24-14)19(23)22-12-9-15(10-13-22)8-11-20-2/h3-7,15,20H,8-13H2,1-2H3. The van der Waals surface area contributed by atoms with Crippen molar-refractivity contribution in [2.75, 3.05) is 26.7 Å². The van der Waals surface area contributed by atoms with Crippen LogP contribution in [0.25, 0.3) is 11.3 Å². The molecule has 2 aromatic rings. The van der Waals surface area contributed by atoms with Gasteiger partial charge in [0.15, 0.2) is 0 Å². The van der Waals surface area contributed by atoms with Gasteiger partial charge in [0.25, 0.3) is 5.91 Å². The first-order valence-electron chi connectivity index (χ1n) is 8.65. The topological polar surface area (TPSA) is 45.2 Å². The Morgan fingerprint density at radius 3 is 2.67 bits per heavy atom. The van der Waals surface area contributed by atoms with Crippen LogP contribution in [0.2, 0.25) is 0 Å². The molecule has 0 unspecified atom stereocenters. The number of rotatable bonds is 5. The zero-order chi connectivity index (χ0) is 16.9. The number of thiazole rings is 1. The zero-order valence-corrected chi connectivity index (χ0v) is 15.2. The van der Waals surface area contributed by atoms with Crippen molar-refractivity contribution >= 4 is 17.2 Å². The van der Waals surface area contributed by atoms with E-state index >= 15 is 0 Å². The summed E-state index contributed by atoms with van der Waals surface area (Å²) in [5.41, 5.74) is 1.86. The minimum atomic E-state index is 0.145. The second-order valence-electron chi connectivity index (χ2n) is 6.40. The lowest BCUT2D eigenvalue weighted by Gasteiger charge is -2.32. The van der Waals surface area contributed by atoms with E-state index in [2.05, 4.69) is 10.3 Å². The summed E-state index contributed by atoms with van der Waals surface area (Å²) in [5.74, 6) is 0.879. The Kier molecular flexibility index (Phi) is 5.63. The number of piperidine rings is 1. The van der Waals surface area contributed by atoms with Crippen LogP contribution in [0, 0.1) is 12.8 Å². The number of nitrogens with one attached hydrogen (secondary N) is 1. The van der Waals surface area contributed by atoms with E-state index in [1.807, 2.05) is 49.2 Å². The highest BCUT2D eigenvalue weighted by molar-refractivity contribution is 7.14. The zero-order valence-electron chi connectivity index (χ0n) is 14.4. The first-order valence-corrected chi connectivity index (χ1v) is 9.47. The lowest BCUT2D eigenvalue weighted by Crippen LogP contribution is -2.38. The Hall–Kier alpha value is -1.72. The lowest BCUT2D eigenvalue weighted by molar-refractivity contribution is 0.0692. The third-order valence-electron chi connectivity index (χ3n) is 4.68. The van der Waals surface area contributed by atoms with E-state index in [4.69, 9.17) is 0 Å². The summed E-state index contributed by atoms with van der Waals surface area (Å²) in [6, 6.07) is 10.0. The predicted octanol–water partition coefficient (Wildman–Crippen LogP) is 3.58. The molecule has 1 aliphatic rings. The highest BCUT2D eigenvalue weighted by atomic mass is 32.1. The third kappa shape index (κ3) is 3.84. The van der Waals surface area contributed by atoms with Crippen LogP contribution in [0.3, 0.4) is 0 Å². The maximum atomic E-state index is 13.0. The summed E-state index contributed by atoms with van der Waals surface area (Å²) in [7, 11) is 2.00. The summed E-state index contributed by atoms with van der Waals surface area (Å²) in [4.78, 5) is 20.4. The molecule has 0 bridgehead atoms. The molecular weight excluding hydrogens is 318 g/mol. The van der Waals surface area contributed by atoms with Gasteiger partial charge in [0.05, 0.1) is 10.7 Å². The van der Waals surface area contributed by atoms with Crippen LogP contribution in [0.5, 0.6) is 0 Å². The molecule has 0 aliphatic carbocycles. The highest BCUT2D eigenvalue weighted by Crippen LogP contribution is 2.30. The van der Waals surface area contributed by atoms with Crippen LogP contribution in [0.4, 0.5) is 0 Å². The number of amides is 1. The number of aromatic nitrogens is 1. The van der Waals surface area contributed by atoms with Gasteiger partial charge in [0.2, 0.25) is 0 Å². The van der Waals surface area contributed by atoms with Crippen LogP contribution < -0.4 is 5.32 Å². The van der Waals surface area contributed by atoms with Gasteiger partial charge < -0.3 is 10.2 Å². The maximum absolute atomic E-state index is 13.0. The van der Waals surface area contributed by atoms with Crippen molar-refractivity contribution in [1.29, 1.82) is 0 Å². The number of carbonyl (C=O) groups is 1. The molecule has 2 heterocycles. The van der Waals surface area contributed by atoms with Crippen LogP contribution in [-0.4, -0.2) is 42.5 Å². The van der Waals surface area contributed by atoms with E-state index in [1.54, 1.807) is 0 Å². The second-order valence-corrected chi connectivity index (χ2v) is 7.61. The van der Waals surface area contributed by atoms with E-state index in [0.717, 1.165) is 59.5 Å². The molecule has 128 valence electrons.